The number of ether oxygens (including phenoxy) is 1. The van der Waals surface area contributed by atoms with Crippen molar-refractivity contribution in [1.82, 2.24) is 0 Å². The molecule has 0 atom stereocenters. The Labute approximate surface area is 71.1 Å². The van der Waals surface area contributed by atoms with Gasteiger partial charge in [-0.2, -0.15) is 0 Å². The standard InChI is InChI=1S/C9H11NO2/c1-7-2-4-8(5-3-7)12-6-9(10)11/h2-5H,6H2,1H3,(H2,10,11)/p-1. The van der Waals surface area contributed by atoms with Gasteiger partial charge in [-0.15, -0.1) is 0 Å². The van der Waals surface area contributed by atoms with Crippen molar-refractivity contribution in [1.29, 1.82) is 5.41 Å². The van der Waals surface area contributed by atoms with E-state index in [0.29, 0.717) is 5.75 Å². The van der Waals surface area contributed by atoms with E-state index in [1.807, 2.05) is 19.1 Å². The van der Waals surface area contributed by atoms with Gasteiger partial charge in [0.05, 0.1) is 0 Å². The smallest absolute Gasteiger partial charge is 0.119 e. The molecule has 12 heavy (non-hydrogen) atoms. The topological polar surface area (TPSA) is 56.1 Å². The molecular formula is C9H10NO2-. The second-order valence-electron chi connectivity index (χ2n) is 2.52. The molecule has 1 N–H and O–H groups in total. The molecule has 0 radical (unpaired) electrons. The van der Waals surface area contributed by atoms with Crippen molar-refractivity contribution in [2.24, 2.45) is 0 Å². The monoisotopic (exact) mass is 164 g/mol. The van der Waals surface area contributed by atoms with Crippen LogP contribution >= 0.6 is 0 Å². The highest BCUT2D eigenvalue weighted by Crippen LogP contribution is 2.10. The lowest BCUT2D eigenvalue weighted by Crippen LogP contribution is -2.23. The average Bonchev–Trinajstić information content (AvgIpc) is 2.03. The van der Waals surface area contributed by atoms with Crippen molar-refractivity contribution >= 4 is 5.90 Å². The van der Waals surface area contributed by atoms with Gasteiger partial charge in [0.25, 0.3) is 0 Å². The molecule has 0 heterocycles. The van der Waals surface area contributed by atoms with Crippen LogP contribution in [0.15, 0.2) is 24.3 Å². The summed E-state index contributed by atoms with van der Waals surface area (Å²) in [7, 11) is 0. The lowest BCUT2D eigenvalue weighted by atomic mass is 10.2. The molecule has 0 amide bonds. The van der Waals surface area contributed by atoms with E-state index in [2.05, 4.69) is 0 Å². The normalized spacial score (nSPS) is 9.42. The maximum absolute atomic E-state index is 10.2. The van der Waals surface area contributed by atoms with Crippen LogP contribution in [0.25, 0.3) is 0 Å². The van der Waals surface area contributed by atoms with E-state index in [-0.39, 0.29) is 6.61 Å². The minimum Gasteiger partial charge on any atom is -0.860 e. The van der Waals surface area contributed by atoms with Crippen molar-refractivity contribution in [3.8, 4) is 5.75 Å². The van der Waals surface area contributed by atoms with E-state index in [1.165, 1.54) is 0 Å². The van der Waals surface area contributed by atoms with Crippen LogP contribution < -0.4 is 9.84 Å². The maximum Gasteiger partial charge on any atom is 0.119 e. The molecule has 64 valence electrons. The van der Waals surface area contributed by atoms with Crippen LogP contribution in [-0.4, -0.2) is 12.5 Å². The van der Waals surface area contributed by atoms with Crippen LogP contribution in [0.3, 0.4) is 0 Å². The minimum absolute atomic E-state index is 0.178. The van der Waals surface area contributed by atoms with Gasteiger partial charge >= 0.3 is 0 Å². The largest absolute Gasteiger partial charge is 0.860 e. The lowest BCUT2D eigenvalue weighted by Gasteiger charge is -2.09. The molecule has 0 unspecified atom stereocenters. The SMILES string of the molecule is Cc1ccc(OCC(=N)[O-])cc1. The Morgan fingerprint density at radius 1 is 1.42 bits per heavy atom. The van der Waals surface area contributed by atoms with E-state index >= 15 is 0 Å². The summed E-state index contributed by atoms with van der Waals surface area (Å²) in [5.41, 5.74) is 1.14. The molecule has 0 saturated heterocycles. The van der Waals surface area contributed by atoms with E-state index in [4.69, 9.17) is 10.1 Å². The summed E-state index contributed by atoms with van der Waals surface area (Å²) in [5.74, 6) is -0.0863. The highest BCUT2D eigenvalue weighted by atomic mass is 16.5. The van der Waals surface area contributed by atoms with Crippen LogP contribution in [-0.2, 0) is 0 Å². The molecule has 0 aliphatic rings. The second-order valence-corrected chi connectivity index (χ2v) is 2.52. The van der Waals surface area contributed by atoms with E-state index in [0.717, 1.165) is 5.56 Å². The Hall–Kier alpha value is -1.51. The number of benzene rings is 1. The predicted octanol–water partition coefficient (Wildman–Crippen LogP) is 0.711. The fraction of sp³-hybridized carbons (Fsp3) is 0.222. The first-order chi connectivity index (χ1) is 5.68. The zero-order valence-electron chi connectivity index (χ0n) is 6.83. The zero-order chi connectivity index (χ0) is 8.97. The minimum atomic E-state index is -0.712. The molecule has 0 bridgehead atoms. The summed E-state index contributed by atoms with van der Waals surface area (Å²) in [6, 6.07) is 7.34. The van der Waals surface area contributed by atoms with Gasteiger partial charge in [-0.3, -0.25) is 0 Å². The maximum atomic E-state index is 10.2. The lowest BCUT2D eigenvalue weighted by molar-refractivity contribution is -0.222. The van der Waals surface area contributed by atoms with E-state index in [1.54, 1.807) is 12.1 Å². The van der Waals surface area contributed by atoms with Gasteiger partial charge in [-0.1, -0.05) is 17.7 Å². The second kappa shape index (κ2) is 3.76. The quantitative estimate of drug-likeness (QED) is 0.528. The molecule has 3 heteroatoms. The third-order valence-corrected chi connectivity index (χ3v) is 1.39. The molecule has 0 aliphatic heterocycles. The Morgan fingerprint density at radius 2 is 2.00 bits per heavy atom. The Kier molecular flexibility index (Phi) is 2.69. The summed E-state index contributed by atoms with van der Waals surface area (Å²) in [5, 5.41) is 16.8. The Balaban J connectivity index is 2.53. The molecule has 0 aromatic heterocycles. The first-order valence-corrected chi connectivity index (χ1v) is 3.62. The number of nitrogens with one attached hydrogen (secondary N) is 1. The summed E-state index contributed by atoms with van der Waals surface area (Å²) in [4.78, 5) is 0. The Bertz CT molecular complexity index is 266. The molecule has 0 aliphatic carbocycles. The van der Waals surface area contributed by atoms with E-state index in [9.17, 15) is 5.11 Å². The van der Waals surface area contributed by atoms with Crippen molar-refractivity contribution in [2.45, 2.75) is 6.92 Å². The number of rotatable bonds is 3. The van der Waals surface area contributed by atoms with Crippen LogP contribution in [0.4, 0.5) is 0 Å². The van der Waals surface area contributed by atoms with Crippen LogP contribution in [0.1, 0.15) is 5.56 Å². The molecule has 1 aromatic rings. The van der Waals surface area contributed by atoms with Gasteiger partial charge in [0.15, 0.2) is 0 Å². The van der Waals surface area contributed by atoms with Gasteiger partial charge in [-0.25, -0.2) is 0 Å². The fourth-order valence-corrected chi connectivity index (χ4v) is 0.783. The first kappa shape index (κ1) is 8.59. The van der Waals surface area contributed by atoms with Gasteiger partial charge in [0.1, 0.15) is 12.4 Å². The van der Waals surface area contributed by atoms with Gasteiger partial charge in [0, 0.05) is 0 Å². The third-order valence-electron chi connectivity index (χ3n) is 1.39. The van der Waals surface area contributed by atoms with Crippen LogP contribution in [0.2, 0.25) is 0 Å². The molecule has 0 fully saturated rings. The van der Waals surface area contributed by atoms with Crippen molar-refractivity contribution in [2.75, 3.05) is 6.61 Å². The fourth-order valence-electron chi connectivity index (χ4n) is 0.783. The van der Waals surface area contributed by atoms with Crippen LogP contribution in [0, 0.1) is 12.3 Å². The van der Waals surface area contributed by atoms with Gasteiger partial charge < -0.3 is 15.3 Å². The molecule has 3 nitrogen and oxygen atoms in total. The first-order valence-electron chi connectivity index (χ1n) is 3.62. The predicted molar refractivity (Wildman–Crippen MR) is 44.4 cm³/mol. The summed E-state index contributed by atoms with van der Waals surface area (Å²) in [6.45, 7) is 1.79. The number of hydrogen-bond acceptors (Lipinski definition) is 3. The molecular weight excluding hydrogens is 154 g/mol. The third kappa shape index (κ3) is 2.62. The molecule has 0 spiro atoms. The van der Waals surface area contributed by atoms with Crippen LogP contribution in [0.5, 0.6) is 5.75 Å². The Morgan fingerprint density at radius 3 is 2.50 bits per heavy atom. The number of aryl methyl sites for hydroxylation is 1. The molecule has 1 aromatic carbocycles. The molecule has 0 saturated carbocycles. The van der Waals surface area contributed by atoms with E-state index < -0.39 is 5.90 Å². The van der Waals surface area contributed by atoms with Crippen molar-refractivity contribution in [3.05, 3.63) is 29.8 Å². The highest BCUT2D eigenvalue weighted by Gasteiger charge is 1.90. The number of hydrogen-bond donors (Lipinski definition) is 1. The summed E-state index contributed by atoms with van der Waals surface area (Å²) >= 11 is 0. The zero-order valence-corrected chi connectivity index (χ0v) is 6.83. The summed E-state index contributed by atoms with van der Waals surface area (Å²) in [6.07, 6.45) is 0. The average molecular weight is 164 g/mol. The summed E-state index contributed by atoms with van der Waals surface area (Å²) < 4.78 is 4.99. The van der Waals surface area contributed by atoms with Crippen molar-refractivity contribution < 1.29 is 9.84 Å². The van der Waals surface area contributed by atoms with Gasteiger partial charge in [0.2, 0.25) is 0 Å². The van der Waals surface area contributed by atoms with Crippen molar-refractivity contribution in [3.63, 3.8) is 0 Å². The van der Waals surface area contributed by atoms with Gasteiger partial charge in [-0.05, 0) is 25.0 Å². The molecule has 1 rings (SSSR count). The highest BCUT2D eigenvalue weighted by molar-refractivity contribution is 5.69.